The van der Waals surface area contributed by atoms with Crippen molar-refractivity contribution in [1.29, 1.82) is 5.26 Å². The fraction of sp³-hybridized carbons (Fsp3) is 0.457. The third kappa shape index (κ3) is 14.1. The second kappa shape index (κ2) is 25.8. The van der Waals surface area contributed by atoms with E-state index in [-0.39, 0.29) is 51.5 Å². The molecule has 0 spiro atoms. The Kier molecular flexibility index (Phi) is 22.8. The Morgan fingerprint density at radius 3 is 1.89 bits per heavy atom. The number of nitriles is 1. The Bertz CT molecular complexity index is 1990. The third-order valence-corrected chi connectivity index (χ3v) is 15.7. The van der Waals surface area contributed by atoms with Crippen LogP contribution < -0.4 is 15.0 Å². The van der Waals surface area contributed by atoms with Gasteiger partial charge in [-0.1, -0.05) is 89.2 Å². The van der Waals surface area contributed by atoms with Gasteiger partial charge in [0.1, 0.15) is 41.5 Å². The summed E-state index contributed by atoms with van der Waals surface area (Å²) in [5.74, 6) is 1.41. The first-order valence-corrected chi connectivity index (χ1v) is 24.3. The Balaban J connectivity index is 0.00000173. The summed E-state index contributed by atoms with van der Waals surface area (Å²) in [5, 5.41) is 8.93. The largest absolute Gasteiger partial charge is 2.00 e. The number of methoxy groups -OCH3 is 2. The van der Waals surface area contributed by atoms with Gasteiger partial charge < -0.3 is 50.8 Å². The zero-order chi connectivity index (χ0) is 44.5. The van der Waals surface area contributed by atoms with Gasteiger partial charge in [0.25, 0.3) is 5.56 Å². The Labute approximate surface area is 381 Å². The molecule has 1 aromatic heterocycles. The average molecular weight is 937 g/mol. The molecule has 0 amide bonds. The van der Waals surface area contributed by atoms with Crippen molar-refractivity contribution in [2.24, 2.45) is 7.05 Å². The topological polar surface area (TPSA) is 126 Å². The van der Waals surface area contributed by atoms with Crippen molar-refractivity contribution in [2.45, 2.75) is 102 Å². The molecule has 2 heterocycles. The molecule has 5 atom stereocenters. The van der Waals surface area contributed by atoms with Crippen LogP contribution in [0.25, 0.3) is 0 Å². The first-order valence-electron chi connectivity index (χ1n) is 20.2. The van der Waals surface area contributed by atoms with Crippen LogP contribution in [0.2, 0.25) is 18.1 Å². The van der Waals surface area contributed by atoms with Crippen molar-refractivity contribution >= 4 is 29.6 Å². The van der Waals surface area contributed by atoms with Crippen LogP contribution in [0.5, 0.6) is 11.5 Å². The summed E-state index contributed by atoms with van der Waals surface area (Å²) < 4.78 is 46.6. The van der Waals surface area contributed by atoms with Gasteiger partial charge >= 0.3 is 16.5 Å². The summed E-state index contributed by atoms with van der Waals surface area (Å²) in [4.78, 5) is 16.4. The van der Waals surface area contributed by atoms with Gasteiger partial charge in [-0.15, -0.1) is 0 Å². The molecule has 1 aliphatic rings. The monoisotopic (exact) mass is 935 g/mol. The predicted octanol–water partition coefficient (Wildman–Crippen LogP) is 10.6. The molecule has 0 bridgehead atoms. The molecule has 1 fully saturated rings. The molecule has 4 aromatic rings. The summed E-state index contributed by atoms with van der Waals surface area (Å²) in [6, 6.07) is 27.7. The molecule has 61 heavy (non-hydrogen) atoms. The van der Waals surface area contributed by atoms with Crippen LogP contribution in [0.1, 0.15) is 82.2 Å². The molecule has 3 aromatic carbocycles. The molecule has 0 aliphatic carbocycles. The average Bonchev–Trinajstić information content (AvgIpc) is 3.55. The first-order chi connectivity index (χ1) is 28.6. The normalized spacial score (nSPS) is 17.6. The number of ether oxygens (including phenoxy) is 4. The molecule has 15 heteroatoms. The maximum atomic E-state index is 13.6. The number of rotatable bonds is 16. The van der Waals surface area contributed by atoms with Gasteiger partial charge in [-0.25, -0.2) is 0 Å². The zero-order valence-corrected chi connectivity index (χ0v) is 41.0. The SMILES string of the molecule is COc1ccc(C(OCC2OC(c3cn(C)c(=S)[nH]c3=O)C(O[Si](C)(C)C(C)(C)C)C2OPOCCC#N)(c2ccccc2)c2ccc(OC)cc2)cc1.[CH2-]CC.[CH2-]CC.[Ni+2]. The van der Waals surface area contributed by atoms with E-state index in [2.05, 4.69) is 58.8 Å². The summed E-state index contributed by atoms with van der Waals surface area (Å²) in [6.07, 6.45) is 0.918. The van der Waals surface area contributed by atoms with E-state index in [9.17, 15) is 4.79 Å². The maximum Gasteiger partial charge on any atom is 2.00 e. The van der Waals surface area contributed by atoms with Crippen molar-refractivity contribution < 1.29 is 48.9 Å². The summed E-state index contributed by atoms with van der Waals surface area (Å²) in [6.45, 7) is 22.0. The Morgan fingerprint density at radius 1 is 0.902 bits per heavy atom. The molecule has 5 rings (SSSR count). The van der Waals surface area contributed by atoms with Crippen molar-refractivity contribution in [2.75, 3.05) is 27.4 Å². The van der Waals surface area contributed by atoms with Crippen LogP contribution in [0, 0.1) is 29.9 Å². The summed E-state index contributed by atoms with van der Waals surface area (Å²) in [7, 11) is 2.12. The van der Waals surface area contributed by atoms with Crippen LogP contribution in [0.3, 0.4) is 0 Å². The Morgan fingerprint density at radius 2 is 1.41 bits per heavy atom. The minimum absolute atomic E-state index is 0. The Hall–Kier alpha value is -3.21. The molecule has 11 nitrogen and oxygen atoms in total. The number of H-pyrrole nitrogens is 1. The van der Waals surface area contributed by atoms with E-state index in [0.29, 0.717) is 17.1 Å². The van der Waals surface area contributed by atoms with E-state index in [0.717, 1.165) is 29.5 Å². The van der Waals surface area contributed by atoms with Crippen molar-refractivity contribution in [3.8, 4) is 17.6 Å². The predicted molar refractivity (Wildman–Crippen MR) is 245 cm³/mol. The fourth-order valence-electron chi connectivity index (χ4n) is 6.20. The van der Waals surface area contributed by atoms with Crippen LogP contribution in [0.15, 0.2) is 89.9 Å². The number of nitrogens with one attached hydrogen (secondary N) is 1. The smallest absolute Gasteiger partial charge is 0.497 e. The van der Waals surface area contributed by atoms with E-state index < -0.39 is 47.4 Å². The fourth-order valence-corrected chi connectivity index (χ4v) is 8.28. The molecule has 1 saturated heterocycles. The van der Waals surface area contributed by atoms with Crippen LogP contribution in [-0.4, -0.2) is 63.6 Å². The minimum atomic E-state index is -2.50. The second-order valence-electron chi connectivity index (χ2n) is 15.6. The molecular formula is C46H64N3NiO8PSSi. The van der Waals surface area contributed by atoms with E-state index in [1.165, 1.54) is 0 Å². The van der Waals surface area contributed by atoms with E-state index in [4.69, 9.17) is 49.9 Å². The number of hydrogen-bond acceptors (Lipinski definition) is 10. The van der Waals surface area contributed by atoms with Gasteiger partial charge in [0.05, 0.1) is 45.5 Å². The molecule has 1 N–H and O–H groups in total. The molecule has 336 valence electrons. The van der Waals surface area contributed by atoms with Gasteiger partial charge in [0.15, 0.2) is 22.1 Å². The first kappa shape index (κ1) is 53.9. The third-order valence-electron chi connectivity index (χ3n) is 10.2. The molecule has 1 aliphatic heterocycles. The molecule has 0 radical (unpaired) electrons. The minimum Gasteiger partial charge on any atom is -0.497 e. The summed E-state index contributed by atoms with van der Waals surface area (Å²) in [5.41, 5.74) is 1.45. The van der Waals surface area contributed by atoms with Gasteiger partial charge in [0, 0.05) is 13.2 Å². The number of aryl methyl sites for hydroxylation is 1. The van der Waals surface area contributed by atoms with Gasteiger partial charge in [-0.2, -0.15) is 18.1 Å². The van der Waals surface area contributed by atoms with Crippen molar-refractivity contribution in [1.82, 2.24) is 9.55 Å². The van der Waals surface area contributed by atoms with Crippen molar-refractivity contribution in [3.63, 3.8) is 0 Å². The number of nitrogens with zero attached hydrogens (tertiary/aromatic N) is 2. The maximum absolute atomic E-state index is 13.6. The molecule has 0 saturated carbocycles. The number of aromatic amines is 1. The van der Waals surface area contributed by atoms with Crippen molar-refractivity contribution in [3.05, 3.63) is 136 Å². The van der Waals surface area contributed by atoms with Crippen LogP contribution >= 0.6 is 21.3 Å². The number of hydrogen-bond donors (Lipinski definition) is 1. The van der Waals surface area contributed by atoms with Gasteiger partial charge in [0.2, 0.25) is 0 Å². The number of aromatic nitrogens is 2. The molecule has 5 unspecified atom stereocenters. The molecular weight excluding hydrogens is 872 g/mol. The summed E-state index contributed by atoms with van der Waals surface area (Å²) >= 11 is 5.38. The zero-order valence-electron chi connectivity index (χ0n) is 37.2. The van der Waals surface area contributed by atoms with Gasteiger partial charge in [-0.05, 0) is 71.3 Å². The van der Waals surface area contributed by atoms with Gasteiger partial charge in [-0.3, -0.25) is 9.78 Å². The van der Waals surface area contributed by atoms with E-state index >= 15 is 0 Å². The number of benzene rings is 3. The van der Waals surface area contributed by atoms with E-state index in [1.807, 2.05) is 92.7 Å². The second-order valence-corrected chi connectivity index (χ2v) is 21.5. The standard InChI is InChI=1S/C40H50N3O8PSSi.2C3H7.Ni/c1-39(2,3)54(7,8)51-36-34(32-25-43(4)38(53)42-37(32)44)49-33(35(36)50-52-48-24-12-23-41)26-47-40(27-13-10-9-11-14-27,28-15-19-30(45-5)20-16-28)29-17-21-31(46-6)22-18-29;2*1-3-2;/h9-11,13-22,25,33-36,52H,12,24,26H2,1-8H3,(H,42,44,53);2*1,3H2,2H3;/q;2*-1;+2. The van der Waals surface area contributed by atoms with Crippen LogP contribution in [-0.2, 0) is 52.1 Å². The van der Waals surface area contributed by atoms with E-state index in [1.54, 1.807) is 32.0 Å². The quantitative estimate of drug-likeness (QED) is 0.0290. The van der Waals surface area contributed by atoms with Crippen LogP contribution in [0.4, 0.5) is 0 Å².